The van der Waals surface area contributed by atoms with E-state index >= 15 is 0 Å². The Morgan fingerprint density at radius 2 is 1.83 bits per heavy atom. The zero-order chi connectivity index (χ0) is 13.0. The van der Waals surface area contributed by atoms with Crippen LogP contribution in [-0.2, 0) is 13.0 Å². The highest BCUT2D eigenvalue weighted by Gasteiger charge is 2.28. The van der Waals surface area contributed by atoms with Crippen molar-refractivity contribution < 1.29 is 0 Å². The summed E-state index contributed by atoms with van der Waals surface area (Å²) in [7, 11) is 0. The van der Waals surface area contributed by atoms with Gasteiger partial charge in [-0.15, -0.1) is 0 Å². The van der Waals surface area contributed by atoms with Gasteiger partial charge in [0.25, 0.3) is 0 Å². The molecule has 2 heteroatoms. The van der Waals surface area contributed by atoms with Crippen LogP contribution >= 0.6 is 12.6 Å². The first-order chi connectivity index (χ1) is 8.73. The van der Waals surface area contributed by atoms with E-state index in [1.807, 2.05) is 0 Å². The minimum Gasteiger partial charge on any atom is -0.298 e. The highest BCUT2D eigenvalue weighted by molar-refractivity contribution is 7.80. The van der Waals surface area contributed by atoms with Crippen molar-refractivity contribution in [3.05, 3.63) is 35.4 Å². The molecule has 100 valence electrons. The molecule has 0 aliphatic carbocycles. The van der Waals surface area contributed by atoms with Gasteiger partial charge in [0.15, 0.2) is 0 Å². The van der Waals surface area contributed by atoms with E-state index in [-0.39, 0.29) is 0 Å². The summed E-state index contributed by atoms with van der Waals surface area (Å²) < 4.78 is 0. The van der Waals surface area contributed by atoms with Crippen molar-refractivity contribution in [3.63, 3.8) is 0 Å². The summed E-state index contributed by atoms with van der Waals surface area (Å²) in [5.41, 5.74) is 3.46. The lowest BCUT2D eigenvalue weighted by molar-refractivity contribution is 0.146. The van der Waals surface area contributed by atoms with Crippen LogP contribution in [0.15, 0.2) is 24.3 Å². The van der Waals surface area contributed by atoms with Crippen molar-refractivity contribution >= 4 is 12.6 Å². The van der Waals surface area contributed by atoms with Crippen LogP contribution in [0.3, 0.4) is 0 Å². The Morgan fingerprint density at radius 3 is 2.44 bits per heavy atom. The van der Waals surface area contributed by atoms with E-state index < -0.39 is 0 Å². The van der Waals surface area contributed by atoms with Gasteiger partial charge < -0.3 is 0 Å². The second kappa shape index (κ2) is 6.12. The molecule has 1 heterocycles. The Kier molecular flexibility index (Phi) is 4.74. The van der Waals surface area contributed by atoms with E-state index in [1.54, 1.807) is 5.56 Å². The maximum Gasteiger partial charge on any atom is 0.0236 e. The molecule has 1 aromatic carbocycles. The summed E-state index contributed by atoms with van der Waals surface area (Å²) in [5.74, 6) is 0.998. The molecule has 0 aromatic heterocycles. The second-order valence-corrected chi connectivity index (χ2v) is 5.91. The first-order valence-corrected chi connectivity index (χ1v) is 7.76. The summed E-state index contributed by atoms with van der Waals surface area (Å²) in [6.07, 6.45) is 3.66. The molecule has 0 amide bonds. The molecular formula is C16H25NS. The largest absolute Gasteiger partial charge is 0.298 e. The summed E-state index contributed by atoms with van der Waals surface area (Å²) in [6, 6.07) is 8.87. The third-order valence-corrected chi connectivity index (χ3v) is 5.27. The van der Waals surface area contributed by atoms with Gasteiger partial charge in [-0.05, 0) is 41.6 Å². The zero-order valence-electron chi connectivity index (χ0n) is 11.7. The van der Waals surface area contributed by atoms with E-state index in [9.17, 15) is 0 Å². The normalized spacial score (nSPS) is 16.6. The fraction of sp³-hybridized carbons (Fsp3) is 0.625. The molecule has 18 heavy (non-hydrogen) atoms. The highest BCUT2D eigenvalue weighted by Crippen LogP contribution is 2.31. The van der Waals surface area contributed by atoms with Gasteiger partial charge in [0.2, 0.25) is 0 Å². The SMILES string of the molecule is CCC(CC)(CS)CN1CCc2ccccc2C1. The van der Waals surface area contributed by atoms with Crippen LogP contribution in [0.5, 0.6) is 0 Å². The standard InChI is InChI=1S/C16H25NS/c1-3-16(4-2,13-18)12-17-10-9-14-7-5-6-8-15(14)11-17/h5-8,18H,3-4,9-13H2,1-2H3. The monoisotopic (exact) mass is 263 g/mol. The fourth-order valence-corrected chi connectivity index (χ4v) is 3.46. The molecule has 1 aliphatic rings. The minimum absolute atomic E-state index is 0.398. The fourth-order valence-electron chi connectivity index (χ4n) is 2.91. The smallest absolute Gasteiger partial charge is 0.0236 e. The lowest BCUT2D eigenvalue weighted by Crippen LogP contribution is -2.41. The lowest BCUT2D eigenvalue weighted by atomic mass is 9.83. The summed E-state index contributed by atoms with van der Waals surface area (Å²) in [6.45, 7) is 8.12. The van der Waals surface area contributed by atoms with Gasteiger partial charge in [0.05, 0.1) is 0 Å². The molecule has 1 nitrogen and oxygen atoms in total. The molecule has 0 spiro atoms. The second-order valence-electron chi connectivity index (χ2n) is 5.59. The van der Waals surface area contributed by atoms with Crippen LogP contribution < -0.4 is 0 Å². The van der Waals surface area contributed by atoms with E-state index in [1.165, 1.54) is 37.9 Å². The van der Waals surface area contributed by atoms with Gasteiger partial charge in [-0.3, -0.25) is 4.90 Å². The van der Waals surface area contributed by atoms with Crippen molar-refractivity contribution in [3.8, 4) is 0 Å². The predicted molar refractivity (Wildman–Crippen MR) is 82.3 cm³/mol. The number of benzene rings is 1. The van der Waals surface area contributed by atoms with Crippen LogP contribution in [0.1, 0.15) is 37.8 Å². The van der Waals surface area contributed by atoms with Gasteiger partial charge in [0.1, 0.15) is 0 Å². The summed E-state index contributed by atoms with van der Waals surface area (Å²) >= 11 is 4.59. The van der Waals surface area contributed by atoms with Crippen LogP contribution in [-0.4, -0.2) is 23.7 Å². The summed E-state index contributed by atoms with van der Waals surface area (Å²) in [5, 5.41) is 0. The molecule has 1 aliphatic heterocycles. The average molecular weight is 263 g/mol. The van der Waals surface area contributed by atoms with E-state index in [0.29, 0.717) is 5.41 Å². The predicted octanol–water partition coefficient (Wildman–Crippen LogP) is 3.78. The molecule has 0 saturated carbocycles. The molecule has 2 rings (SSSR count). The maximum atomic E-state index is 4.59. The molecule has 0 saturated heterocycles. The Hall–Kier alpha value is -0.470. The quantitative estimate of drug-likeness (QED) is 0.791. The molecule has 0 atom stereocenters. The minimum atomic E-state index is 0.398. The van der Waals surface area contributed by atoms with Crippen LogP contribution in [0.2, 0.25) is 0 Å². The number of hydrogen-bond donors (Lipinski definition) is 1. The molecule has 0 bridgehead atoms. The number of fused-ring (bicyclic) bond motifs is 1. The molecule has 0 radical (unpaired) electrons. The van der Waals surface area contributed by atoms with Gasteiger partial charge >= 0.3 is 0 Å². The maximum absolute atomic E-state index is 4.59. The van der Waals surface area contributed by atoms with Crippen LogP contribution in [0, 0.1) is 5.41 Å². The van der Waals surface area contributed by atoms with E-state index in [4.69, 9.17) is 0 Å². The van der Waals surface area contributed by atoms with Crippen LogP contribution in [0.4, 0.5) is 0 Å². The van der Waals surface area contributed by atoms with Gasteiger partial charge in [-0.25, -0.2) is 0 Å². The summed E-state index contributed by atoms with van der Waals surface area (Å²) in [4.78, 5) is 2.62. The number of nitrogens with zero attached hydrogens (tertiary/aromatic N) is 1. The van der Waals surface area contributed by atoms with Crippen molar-refractivity contribution in [2.75, 3.05) is 18.8 Å². The third kappa shape index (κ3) is 2.92. The number of thiol groups is 1. The third-order valence-electron chi connectivity index (χ3n) is 4.60. The number of hydrogen-bond acceptors (Lipinski definition) is 2. The van der Waals surface area contributed by atoms with Crippen molar-refractivity contribution in [2.24, 2.45) is 5.41 Å². The first-order valence-electron chi connectivity index (χ1n) is 7.13. The topological polar surface area (TPSA) is 3.24 Å². The highest BCUT2D eigenvalue weighted by atomic mass is 32.1. The van der Waals surface area contributed by atoms with E-state index in [0.717, 1.165) is 12.3 Å². The van der Waals surface area contributed by atoms with Gasteiger partial charge in [-0.1, -0.05) is 38.1 Å². The van der Waals surface area contributed by atoms with Crippen molar-refractivity contribution in [1.29, 1.82) is 0 Å². The molecule has 0 fully saturated rings. The molecular weight excluding hydrogens is 238 g/mol. The molecule has 0 N–H and O–H groups in total. The average Bonchev–Trinajstić information content (AvgIpc) is 2.45. The first kappa shape index (κ1) is 14.0. The molecule has 0 unspecified atom stereocenters. The van der Waals surface area contributed by atoms with E-state index in [2.05, 4.69) is 55.6 Å². The van der Waals surface area contributed by atoms with Gasteiger partial charge in [-0.2, -0.15) is 12.6 Å². The van der Waals surface area contributed by atoms with Gasteiger partial charge in [0, 0.05) is 19.6 Å². The Morgan fingerprint density at radius 1 is 1.17 bits per heavy atom. The van der Waals surface area contributed by atoms with Crippen LogP contribution in [0.25, 0.3) is 0 Å². The van der Waals surface area contributed by atoms with Crippen molar-refractivity contribution in [1.82, 2.24) is 4.90 Å². The Labute approximate surface area is 117 Å². The lowest BCUT2D eigenvalue weighted by Gasteiger charge is -2.38. The number of rotatable bonds is 5. The zero-order valence-corrected chi connectivity index (χ0v) is 12.5. The Bertz CT molecular complexity index is 376. The van der Waals surface area contributed by atoms with Crippen molar-refractivity contribution in [2.45, 2.75) is 39.7 Å². The molecule has 1 aromatic rings. The Balaban J connectivity index is 2.05.